The molecule has 2 aliphatic heterocycles. The summed E-state index contributed by atoms with van der Waals surface area (Å²) in [5.41, 5.74) is 0.233. The van der Waals surface area contributed by atoms with Gasteiger partial charge in [-0.1, -0.05) is 33.6 Å². The molecule has 2 atom stereocenters. The van der Waals surface area contributed by atoms with Crippen molar-refractivity contribution in [1.82, 2.24) is 5.32 Å². The molecular weight excluding hydrogens is 266 g/mol. The standard InChI is InChI=1S/C17H33NOS/c1-4-5-6-16(18-14(2)3)15-7-10-19-17(13-15)8-11-20-12-9-17/h14-16,18H,4-13H2,1-3H3. The average molecular weight is 300 g/mol. The summed E-state index contributed by atoms with van der Waals surface area (Å²) in [6, 6.07) is 1.29. The molecule has 118 valence electrons. The Hall–Kier alpha value is 0.270. The third kappa shape index (κ3) is 4.64. The van der Waals surface area contributed by atoms with Gasteiger partial charge in [0.05, 0.1) is 5.60 Å². The second-order valence-electron chi connectivity index (χ2n) is 6.97. The monoisotopic (exact) mass is 299 g/mol. The maximum absolute atomic E-state index is 6.26. The molecule has 0 aromatic carbocycles. The molecule has 2 rings (SSSR count). The summed E-state index contributed by atoms with van der Waals surface area (Å²) >= 11 is 2.10. The SMILES string of the molecule is CCCCC(NC(C)C)C1CCOC2(CCSCC2)C1. The Balaban J connectivity index is 1.96. The zero-order valence-electron chi connectivity index (χ0n) is 13.6. The molecule has 2 saturated heterocycles. The molecule has 2 unspecified atom stereocenters. The molecule has 2 heterocycles. The molecule has 2 aliphatic rings. The molecule has 20 heavy (non-hydrogen) atoms. The smallest absolute Gasteiger partial charge is 0.0701 e. The van der Waals surface area contributed by atoms with Crippen LogP contribution < -0.4 is 5.32 Å². The van der Waals surface area contributed by atoms with E-state index in [0.717, 1.165) is 12.5 Å². The molecule has 0 aromatic rings. The zero-order valence-corrected chi connectivity index (χ0v) is 14.4. The van der Waals surface area contributed by atoms with E-state index in [9.17, 15) is 0 Å². The number of unbranched alkanes of at least 4 members (excludes halogenated alkanes) is 1. The molecule has 2 nitrogen and oxygen atoms in total. The Bertz CT molecular complexity index is 271. The molecular formula is C17H33NOS. The van der Waals surface area contributed by atoms with Gasteiger partial charge in [0, 0.05) is 18.7 Å². The summed E-state index contributed by atoms with van der Waals surface area (Å²) in [5.74, 6) is 3.41. The normalized spacial score (nSPS) is 27.9. The number of ether oxygens (including phenoxy) is 1. The van der Waals surface area contributed by atoms with Crippen molar-refractivity contribution in [3.8, 4) is 0 Å². The highest BCUT2D eigenvalue weighted by Gasteiger charge is 2.40. The first-order valence-corrected chi connectivity index (χ1v) is 9.78. The highest BCUT2D eigenvalue weighted by molar-refractivity contribution is 7.99. The molecule has 0 bridgehead atoms. The van der Waals surface area contributed by atoms with Crippen LogP contribution in [0.2, 0.25) is 0 Å². The van der Waals surface area contributed by atoms with Gasteiger partial charge < -0.3 is 10.1 Å². The van der Waals surface area contributed by atoms with Crippen LogP contribution >= 0.6 is 11.8 Å². The fourth-order valence-corrected chi connectivity index (χ4v) is 5.05. The van der Waals surface area contributed by atoms with Gasteiger partial charge in [-0.2, -0.15) is 11.8 Å². The lowest BCUT2D eigenvalue weighted by atomic mass is 9.77. The first kappa shape index (κ1) is 16.6. The predicted molar refractivity (Wildman–Crippen MR) is 89.6 cm³/mol. The van der Waals surface area contributed by atoms with E-state index in [-0.39, 0.29) is 5.60 Å². The van der Waals surface area contributed by atoms with E-state index < -0.39 is 0 Å². The Morgan fingerprint density at radius 3 is 2.70 bits per heavy atom. The summed E-state index contributed by atoms with van der Waals surface area (Å²) in [5, 5.41) is 3.85. The van der Waals surface area contributed by atoms with Crippen LogP contribution in [0.5, 0.6) is 0 Å². The van der Waals surface area contributed by atoms with Crippen molar-refractivity contribution in [3.05, 3.63) is 0 Å². The second kappa shape index (κ2) is 8.05. The molecule has 3 heteroatoms. The summed E-state index contributed by atoms with van der Waals surface area (Å²) in [6.45, 7) is 7.85. The Morgan fingerprint density at radius 2 is 2.05 bits per heavy atom. The molecule has 0 radical (unpaired) electrons. The summed E-state index contributed by atoms with van der Waals surface area (Å²) < 4.78 is 6.26. The minimum absolute atomic E-state index is 0.233. The minimum atomic E-state index is 0.233. The van der Waals surface area contributed by atoms with E-state index >= 15 is 0 Å². The Labute approximate surface area is 129 Å². The van der Waals surface area contributed by atoms with Crippen LogP contribution in [-0.2, 0) is 4.74 Å². The fraction of sp³-hybridized carbons (Fsp3) is 1.00. The molecule has 0 amide bonds. The lowest BCUT2D eigenvalue weighted by Crippen LogP contribution is -2.49. The fourth-order valence-electron chi connectivity index (χ4n) is 3.81. The number of nitrogens with one attached hydrogen (secondary N) is 1. The van der Waals surface area contributed by atoms with Gasteiger partial charge in [0.15, 0.2) is 0 Å². The van der Waals surface area contributed by atoms with Crippen molar-refractivity contribution in [2.75, 3.05) is 18.1 Å². The van der Waals surface area contributed by atoms with E-state index in [2.05, 4.69) is 37.8 Å². The van der Waals surface area contributed by atoms with Crippen molar-refractivity contribution in [1.29, 1.82) is 0 Å². The van der Waals surface area contributed by atoms with E-state index in [1.54, 1.807) is 0 Å². The lowest BCUT2D eigenvalue weighted by Gasteiger charge is -2.46. The van der Waals surface area contributed by atoms with Gasteiger partial charge in [0.25, 0.3) is 0 Å². The highest BCUT2D eigenvalue weighted by atomic mass is 32.2. The van der Waals surface area contributed by atoms with E-state index in [1.807, 2.05) is 0 Å². The number of thioether (sulfide) groups is 1. The number of hydrogen-bond acceptors (Lipinski definition) is 3. The van der Waals surface area contributed by atoms with Crippen molar-refractivity contribution in [3.63, 3.8) is 0 Å². The van der Waals surface area contributed by atoms with Gasteiger partial charge in [0.1, 0.15) is 0 Å². The molecule has 0 saturated carbocycles. The van der Waals surface area contributed by atoms with E-state index in [1.165, 1.54) is 56.5 Å². The van der Waals surface area contributed by atoms with Crippen LogP contribution in [-0.4, -0.2) is 35.8 Å². The second-order valence-corrected chi connectivity index (χ2v) is 8.19. The predicted octanol–water partition coefficient (Wildman–Crippen LogP) is 4.24. The molecule has 1 N–H and O–H groups in total. The molecule has 1 spiro atoms. The van der Waals surface area contributed by atoms with Crippen LogP contribution in [0.3, 0.4) is 0 Å². The minimum Gasteiger partial charge on any atom is -0.375 e. The van der Waals surface area contributed by atoms with Gasteiger partial charge in [-0.15, -0.1) is 0 Å². The van der Waals surface area contributed by atoms with Crippen LogP contribution in [0.15, 0.2) is 0 Å². The van der Waals surface area contributed by atoms with E-state index in [4.69, 9.17) is 4.74 Å². The van der Waals surface area contributed by atoms with E-state index in [0.29, 0.717) is 12.1 Å². The largest absolute Gasteiger partial charge is 0.375 e. The quantitative estimate of drug-likeness (QED) is 0.793. The average Bonchev–Trinajstić information content (AvgIpc) is 2.44. The van der Waals surface area contributed by atoms with Crippen molar-refractivity contribution < 1.29 is 4.74 Å². The summed E-state index contributed by atoms with van der Waals surface area (Å²) in [6.07, 6.45) is 9.09. The third-order valence-electron chi connectivity index (χ3n) is 4.92. The van der Waals surface area contributed by atoms with Crippen molar-refractivity contribution in [2.24, 2.45) is 5.92 Å². The third-order valence-corrected chi connectivity index (χ3v) is 5.91. The molecule has 2 fully saturated rings. The van der Waals surface area contributed by atoms with Crippen LogP contribution in [0.1, 0.15) is 65.7 Å². The van der Waals surface area contributed by atoms with Gasteiger partial charge in [0.2, 0.25) is 0 Å². The lowest BCUT2D eigenvalue weighted by molar-refractivity contribution is -0.108. The summed E-state index contributed by atoms with van der Waals surface area (Å²) in [4.78, 5) is 0. The van der Waals surface area contributed by atoms with Crippen molar-refractivity contribution >= 4 is 11.8 Å². The first-order chi connectivity index (χ1) is 9.65. The van der Waals surface area contributed by atoms with Gasteiger partial charge in [-0.3, -0.25) is 0 Å². The van der Waals surface area contributed by atoms with Gasteiger partial charge in [-0.25, -0.2) is 0 Å². The maximum atomic E-state index is 6.26. The molecule has 0 aliphatic carbocycles. The summed E-state index contributed by atoms with van der Waals surface area (Å²) in [7, 11) is 0. The molecule has 0 aromatic heterocycles. The van der Waals surface area contributed by atoms with Gasteiger partial charge in [-0.05, 0) is 49.5 Å². The number of rotatable bonds is 6. The Kier molecular flexibility index (Phi) is 6.70. The maximum Gasteiger partial charge on any atom is 0.0701 e. The van der Waals surface area contributed by atoms with Crippen LogP contribution in [0.4, 0.5) is 0 Å². The van der Waals surface area contributed by atoms with Gasteiger partial charge >= 0.3 is 0 Å². The highest BCUT2D eigenvalue weighted by Crippen LogP contribution is 2.41. The van der Waals surface area contributed by atoms with Crippen LogP contribution in [0.25, 0.3) is 0 Å². The van der Waals surface area contributed by atoms with Crippen molar-refractivity contribution in [2.45, 2.75) is 83.4 Å². The zero-order chi connectivity index (χ0) is 14.4. The first-order valence-electron chi connectivity index (χ1n) is 8.63. The van der Waals surface area contributed by atoms with Crippen LogP contribution in [0, 0.1) is 5.92 Å². The number of hydrogen-bond donors (Lipinski definition) is 1. The topological polar surface area (TPSA) is 21.3 Å². The Morgan fingerprint density at radius 1 is 1.30 bits per heavy atom.